The SMILES string of the molecule is CC(C)c1cc(C2CCCN2C(=O)c2c(F)cccc2F)on1. The summed E-state index contributed by atoms with van der Waals surface area (Å²) >= 11 is 0. The van der Waals surface area contributed by atoms with Crippen LogP contribution in [0.5, 0.6) is 0 Å². The van der Waals surface area contributed by atoms with Gasteiger partial charge in [0.25, 0.3) is 5.91 Å². The van der Waals surface area contributed by atoms with Crippen LogP contribution >= 0.6 is 0 Å². The number of benzene rings is 1. The molecule has 2 aromatic rings. The lowest BCUT2D eigenvalue weighted by atomic mass is 10.1. The average molecular weight is 320 g/mol. The number of halogens is 2. The highest BCUT2D eigenvalue weighted by Gasteiger charge is 2.35. The molecule has 1 fully saturated rings. The zero-order chi connectivity index (χ0) is 16.6. The normalized spacial score (nSPS) is 18.0. The van der Waals surface area contributed by atoms with Crippen molar-refractivity contribution in [1.82, 2.24) is 10.1 Å². The minimum atomic E-state index is -0.846. The first kappa shape index (κ1) is 15.6. The van der Waals surface area contributed by atoms with Gasteiger partial charge in [-0.1, -0.05) is 25.1 Å². The number of likely N-dealkylation sites (tertiary alicyclic amines) is 1. The molecule has 23 heavy (non-hydrogen) atoms. The van der Waals surface area contributed by atoms with Crippen molar-refractivity contribution in [3.8, 4) is 0 Å². The topological polar surface area (TPSA) is 46.3 Å². The number of carbonyl (C=O) groups excluding carboxylic acids is 1. The fourth-order valence-corrected chi connectivity index (χ4v) is 2.88. The van der Waals surface area contributed by atoms with Gasteiger partial charge in [0.1, 0.15) is 17.2 Å². The molecule has 0 radical (unpaired) electrons. The van der Waals surface area contributed by atoms with Gasteiger partial charge in [-0.2, -0.15) is 0 Å². The van der Waals surface area contributed by atoms with E-state index in [1.807, 2.05) is 19.9 Å². The van der Waals surface area contributed by atoms with Crippen LogP contribution in [0.3, 0.4) is 0 Å². The molecule has 1 unspecified atom stereocenters. The second-order valence-electron chi connectivity index (χ2n) is 6.06. The van der Waals surface area contributed by atoms with Crippen LogP contribution in [0.25, 0.3) is 0 Å². The van der Waals surface area contributed by atoms with Crippen LogP contribution in [0.2, 0.25) is 0 Å². The van der Waals surface area contributed by atoms with Crippen molar-refractivity contribution >= 4 is 5.91 Å². The third-order valence-corrected chi connectivity index (χ3v) is 4.16. The second-order valence-corrected chi connectivity index (χ2v) is 6.06. The van der Waals surface area contributed by atoms with E-state index in [0.29, 0.717) is 18.7 Å². The Morgan fingerprint density at radius 2 is 2.04 bits per heavy atom. The van der Waals surface area contributed by atoms with E-state index in [1.54, 1.807) is 0 Å². The summed E-state index contributed by atoms with van der Waals surface area (Å²) in [6.07, 6.45) is 1.44. The van der Waals surface area contributed by atoms with E-state index < -0.39 is 23.1 Å². The molecule has 1 saturated heterocycles. The molecular weight excluding hydrogens is 302 g/mol. The summed E-state index contributed by atoms with van der Waals surface area (Å²) in [4.78, 5) is 14.1. The summed E-state index contributed by atoms with van der Waals surface area (Å²) < 4.78 is 33.1. The fraction of sp³-hybridized carbons (Fsp3) is 0.412. The molecule has 1 atom stereocenters. The predicted octanol–water partition coefficient (Wildman–Crippen LogP) is 4.05. The van der Waals surface area contributed by atoms with E-state index in [9.17, 15) is 13.6 Å². The highest BCUT2D eigenvalue weighted by molar-refractivity contribution is 5.95. The summed E-state index contributed by atoms with van der Waals surface area (Å²) in [7, 11) is 0. The Labute approximate surface area is 133 Å². The van der Waals surface area contributed by atoms with Gasteiger partial charge in [-0.15, -0.1) is 0 Å². The van der Waals surface area contributed by atoms with E-state index in [4.69, 9.17) is 4.52 Å². The van der Waals surface area contributed by atoms with Crippen LogP contribution in [-0.2, 0) is 0 Å². The molecule has 3 rings (SSSR count). The van der Waals surface area contributed by atoms with Crippen molar-refractivity contribution in [2.45, 2.75) is 38.6 Å². The van der Waals surface area contributed by atoms with Crippen LogP contribution < -0.4 is 0 Å². The summed E-state index contributed by atoms with van der Waals surface area (Å²) in [5, 5.41) is 4.00. The molecule has 1 aromatic carbocycles. The van der Waals surface area contributed by atoms with Gasteiger partial charge in [-0.3, -0.25) is 4.79 Å². The Kier molecular flexibility index (Phi) is 4.15. The molecule has 1 amide bonds. The van der Waals surface area contributed by atoms with Crippen LogP contribution in [0.15, 0.2) is 28.8 Å². The average Bonchev–Trinajstić information content (AvgIpc) is 3.15. The van der Waals surface area contributed by atoms with E-state index in [2.05, 4.69) is 5.16 Å². The van der Waals surface area contributed by atoms with Gasteiger partial charge < -0.3 is 9.42 Å². The van der Waals surface area contributed by atoms with Crippen LogP contribution in [0, 0.1) is 11.6 Å². The minimum absolute atomic E-state index is 0.210. The molecule has 4 nitrogen and oxygen atoms in total. The van der Waals surface area contributed by atoms with Crippen molar-refractivity contribution in [1.29, 1.82) is 0 Å². The van der Waals surface area contributed by atoms with Crippen molar-refractivity contribution in [3.05, 3.63) is 52.9 Å². The molecule has 0 spiro atoms. The van der Waals surface area contributed by atoms with E-state index in [0.717, 1.165) is 24.2 Å². The molecule has 0 N–H and O–H groups in total. The zero-order valence-electron chi connectivity index (χ0n) is 13.1. The maximum absolute atomic E-state index is 13.9. The molecule has 122 valence electrons. The van der Waals surface area contributed by atoms with Gasteiger partial charge >= 0.3 is 0 Å². The van der Waals surface area contributed by atoms with E-state index in [-0.39, 0.29) is 12.0 Å². The lowest BCUT2D eigenvalue weighted by molar-refractivity contribution is 0.0704. The van der Waals surface area contributed by atoms with Crippen molar-refractivity contribution in [3.63, 3.8) is 0 Å². The summed E-state index contributed by atoms with van der Waals surface area (Å²) in [6.45, 7) is 4.43. The number of hydrogen-bond donors (Lipinski definition) is 0. The Morgan fingerprint density at radius 3 is 2.65 bits per heavy atom. The van der Waals surface area contributed by atoms with Gasteiger partial charge in [0.05, 0.1) is 11.7 Å². The summed E-state index contributed by atoms with van der Waals surface area (Å²) in [5.41, 5.74) is 0.291. The summed E-state index contributed by atoms with van der Waals surface area (Å²) in [5.74, 6) is -1.56. The lowest BCUT2D eigenvalue weighted by Crippen LogP contribution is -2.31. The molecule has 1 aliphatic heterocycles. The molecule has 1 aliphatic rings. The van der Waals surface area contributed by atoms with Crippen LogP contribution in [0.4, 0.5) is 8.78 Å². The van der Waals surface area contributed by atoms with Gasteiger partial charge in [-0.05, 0) is 30.9 Å². The van der Waals surface area contributed by atoms with Gasteiger partial charge in [0.2, 0.25) is 0 Å². The fourth-order valence-electron chi connectivity index (χ4n) is 2.88. The van der Waals surface area contributed by atoms with Gasteiger partial charge in [-0.25, -0.2) is 8.78 Å². The molecule has 6 heteroatoms. The highest BCUT2D eigenvalue weighted by atomic mass is 19.1. The first-order valence-corrected chi connectivity index (χ1v) is 7.70. The molecule has 0 bridgehead atoms. The standard InChI is InChI=1S/C17H18F2N2O2/c1-10(2)13-9-15(23-20-13)14-7-4-8-21(14)17(22)16-11(18)5-3-6-12(16)19/h3,5-6,9-10,14H,4,7-8H2,1-2H3. The number of nitrogens with zero attached hydrogens (tertiary/aromatic N) is 2. The Balaban J connectivity index is 1.90. The van der Waals surface area contributed by atoms with Crippen LogP contribution in [-0.4, -0.2) is 22.5 Å². The maximum atomic E-state index is 13.9. The molecule has 0 saturated carbocycles. The van der Waals surface area contributed by atoms with Crippen molar-refractivity contribution in [2.75, 3.05) is 6.54 Å². The number of hydrogen-bond acceptors (Lipinski definition) is 3. The third kappa shape index (κ3) is 2.85. The summed E-state index contributed by atoms with van der Waals surface area (Å²) in [6, 6.07) is 4.91. The Morgan fingerprint density at radius 1 is 1.35 bits per heavy atom. The largest absolute Gasteiger partial charge is 0.359 e. The second kappa shape index (κ2) is 6.10. The first-order valence-electron chi connectivity index (χ1n) is 7.70. The number of carbonyl (C=O) groups is 1. The maximum Gasteiger partial charge on any atom is 0.260 e. The van der Waals surface area contributed by atoms with Gasteiger partial charge in [0, 0.05) is 12.6 Å². The van der Waals surface area contributed by atoms with E-state index in [1.165, 1.54) is 11.0 Å². The molecular formula is C17H18F2N2O2. The van der Waals surface area contributed by atoms with Crippen molar-refractivity contribution < 1.29 is 18.1 Å². The van der Waals surface area contributed by atoms with Gasteiger partial charge in [0.15, 0.2) is 5.76 Å². The Bertz CT molecular complexity index is 707. The highest BCUT2D eigenvalue weighted by Crippen LogP contribution is 2.35. The molecule has 1 aromatic heterocycles. The lowest BCUT2D eigenvalue weighted by Gasteiger charge is -2.23. The third-order valence-electron chi connectivity index (χ3n) is 4.16. The minimum Gasteiger partial charge on any atom is -0.359 e. The molecule has 2 heterocycles. The Hall–Kier alpha value is -2.24. The monoisotopic (exact) mass is 320 g/mol. The quantitative estimate of drug-likeness (QED) is 0.857. The number of rotatable bonds is 3. The predicted molar refractivity (Wildman–Crippen MR) is 80.0 cm³/mol. The van der Waals surface area contributed by atoms with E-state index >= 15 is 0 Å². The molecule has 0 aliphatic carbocycles. The first-order chi connectivity index (χ1) is 11.0. The zero-order valence-corrected chi connectivity index (χ0v) is 13.1. The smallest absolute Gasteiger partial charge is 0.260 e. The van der Waals surface area contributed by atoms with Crippen LogP contribution in [0.1, 0.15) is 60.5 Å². The number of aromatic nitrogens is 1. The number of amides is 1. The van der Waals surface area contributed by atoms with Crippen molar-refractivity contribution in [2.24, 2.45) is 0 Å².